The summed E-state index contributed by atoms with van der Waals surface area (Å²) in [5.41, 5.74) is 2.16. The monoisotopic (exact) mass is 277 g/mol. The number of thiophene rings is 1. The Kier molecular flexibility index (Phi) is 4.72. The first-order chi connectivity index (χ1) is 9.15. The minimum absolute atomic E-state index is 0.0889. The minimum Gasteiger partial charge on any atom is -0.306 e. The van der Waals surface area contributed by atoms with Gasteiger partial charge in [0, 0.05) is 9.75 Å². The lowest BCUT2D eigenvalue weighted by Gasteiger charge is -2.19. The molecule has 0 fully saturated rings. The summed E-state index contributed by atoms with van der Waals surface area (Å²) in [6.45, 7) is 7.13. The van der Waals surface area contributed by atoms with Gasteiger partial charge >= 0.3 is 0 Å². The van der Waals surface area contributed by atoms with Gasteiger partial charge in [-0.1, -0.05) is 19.9 Å². The van der Waals surface area contributed by atoms with Crippen molar-refractivity contribution in [2.45, 2.75) is 33.2 Å². The molecule has 0 saturated heterocycles. The molecule has 0 saturated carbocycles. The first-order valence-electron chi connectivity index (χ1n) is 6.73. The normalized spacial score (nSPS) is 12.6. The highest BCUT2D eigenvalue weighted by Crippen LogP contribution is 2.31. The average molecular weight is 277 g/mol. The molecule has 0 aliphatic carbocycles. The molecule has 19 heavy (non-hydrogen) atoms. The molecule has 1 aromatic heterocycles. The fourth-order valence-electron chi connectivity index (χ4n) is 2.23. The van der Waals surface area contributed by atoms with E-state index in [9.17, 15) is 4.39 Å². The summed E-state index contributed by atoms with van der Waals surface area (Å²) < 4.78 is 13.5. The van der Waals surface area contributed by atoms with E-state index in [2.05, 4.69) is 31.3 Å². The summed E-state index contributed by atoms with van der Waals surface area (Å²) in [5.74, 6) is -0.171. The molecule has 0 spiro atoms. The van der Waals surface area contributed by atoms with E-state index in [-0.39, 0.29) is 11.9 Å². The molecule has 1 nitrogen and oxygen atoms in total. The van der Waals surface area contributed by atoms with Crippen molar-refractivity contribution in [2.75, 3.05) is 6.54 Å². The molecule has 2 aromatic rings. The Morgan fingerprint density at radius 3 is 2.63 bits per heavy atom. The van der Waals surface area contributed by atoms with Crippen LogP contribution in [0, 0.1) is 12.7 Å². The van der Waals surface area contributed by atoms with Crippen LogP contribution in [0.3, 0.4) is 0 Å². The summed E-state index contributed by atoms with van der Waals surface area (Å²) in [7, 11) is 0. The number of rotatable bonds is 5. The van der Waals surface area contributed by atoms with Gasteiger partial charge in [-0.05, 0) is 55.3 Å². The second kappa shape index (κ2) is 6.31. The van der Waals surface area contributed by atoms with Crippen LogP contribution in [0.25, 0.3) is 0 Å². The molecular formula is C16H20FNS. The molecule has 1 unspecified atom stereocenters. The van der Waals surface area contributed by atoms with Crippen LogP contribution in [0.15, 0.2) is 30.3 Å². The van der Waals surface area contributed by atoms with Crippen molar-refractivity contribution in [1.29, 1.82) is 0 Å². The molecule has 0 radical (unpaired) electrons. The van der Waals surface area contributed by atoms with Crippen LogP contribution in [-0.2, 0) is 6.42 Å². The highest BCUT2D eigenvalue weighted by molar-refractivity contribution is 7.12. The van der Waals surface area contributed by atoms with E-state index in [4.69, 9.17) is 0 Å². The molecule has 1 N–H and O–H groups in total. The predicted octanol–water partition coefficient (Wildman–Crippen LogP) is 4.46. The third-order valence-corrected chi connectivity index (χ3v) is 4.57. The van der Waals surface area contributed by atoms with Gasteiger partial charge < -0.3 is 5.32 Å². The quantitative estimate of drug-likeness (QED) is 0.851. The zero-order valence-corrected chi connectivity index (χ0v) is 12.5. The van der Waals surface area contributed by atoms with Crippen molar-refractivity contribution in [3.63, 3.8) is 0 Å². The zero-order valence-electron chi connectivity index (χ0n) is 11.7. The third kappa shape index (κ3) is 3.23. The van der Waals surface area contributed by atoms with Crippen LogP contribution >= 0.6 is 11.3 Å². The molecule has 0 amide bonds. The number of benzene rings is 1. The molecule has 1 heterocycles. The van der Waals surface area contributed by atoms with Gasteiger partial charge in [-0.3, -0.25) is 0 Å². The smallest absolute Gasteiger partial charge is 0.123 e. The lowest BCUT2D eigenvalue weighted by atomic mass is 10.00. The molecule has 102 valence electrons. The van der Waals surface area contributed by atoms with E-state index < -0.39 is 0 Å². The van der Waals surface area contributed by atoms with Crippen molar-refractivity contribution < 1.29 is 4.39 Å². The highest BCUT2D eigenvalue weighted by atomic mass is 32.1. The van der Waals surface area contributed by atoms with E-state index in [0.29, 0.717) is 0 Å². The molecule has 0 aliphatic rings. The van der Waals surface area contributed by atoms with E-state index in [1.54, 1.807) is 17.4 Å². The van der Waals surface area contributed by atoms with Crippen LogP contribution in [0.1, 0.15) is 40.8 Å². The van der Waals surface area contributed by atoms with Crippen molar-refractivity contribution in [3.8, 4) is 0 Å². The average Bonchev–Trinajstić information content (AvgIpc) is 2.88. The summed E-state index contributed by atoms with van der Waals surface area (Å²) in [5, 5.41) is 3.46. The van der Waals surface area contributed by atoms with Crippen LogP contribution in [0.4, 0.5) is 4.39 Å². The van der Waals surface area contributed by atoms with Crippen LogP contribution < -0.4 is 5.32 Å². The Hall–Kier alpha value is -1.19. The van der Waals surface area contributed by atoms with E-state index in [1.807, 2.05) is 13.0 Å². The van der Waals surface area contributed by atoms with Crippen LogP contribution in [0.5, 0.6) is 0 Å². The lowest BCUT2D eigenvalue weighted by Crippen LogP contribution is -2.22. The molecule has 1 atom stereocenters. The second-order valence-electron chi connectivity index (χ2n) is 4.65. The topological polar surface area (TPSA) is 12.0 Å². The fourth-order valence-corrected chi connectivity index (χ4v) is 3.28. The summed E-state index contributed by atoms with van der Waals surface area (Å²) in [6.07, 6.45) is 1.05. The van der Waals surface area contributed by atoms with Gasteiger partial charge in [-0.15, -0.1) is 11.3 Å². The van der Waals surface area contributed by atoms with E-state index >= 15 is 0 Å². The summed E-state index contributed by atoms with van der Waals surface area (Å²) >= 11 is 1.81. The first-order valence-corrected chi connectivity index (χ1v) is 7.55. The van der Waals surface area contributed by atoms with Gasteiger partial charge in [-0.2, -0.15) is 0 Å². The number of hydrogen-bond donors (Lipinski definition) is 1. The number of nitrogens with one attached hydrogen (secondary N) is 1. The molecular weight excluding hydrogens is 257 g/mol. The number of hydrogen-bond acceptors (Lipinski definition) is 2. The van der Waals surface area contributed by atoms with Crippen molar-refractivity contribution in [3.05, 3.63) is 57.0 Å². The van der Waals surface area contributed by atoms with Gasteiger partial charge in [-0.25, -0.2) is 4.39 Å². The molecule has 0 bridgehead atoms. The Bertz CT molecular complexity index is 547. The lowest BCUT2D eigenvalue weighted by molar-refractivity contribution is 0.604. The number of halogens is 1. The Morgan fingerprint density at radius 1 is 1.21 bits per heavy atom. The van der Waals surface area contributed by atoms with E-state index in [0.717, 1.165) is 24.1 Å². The standard InChI is InChI=1S/C16H20FNS/c1-4-13-8-9-15(19-13)16(18-5-2)14-10-12(17)7-6-11(14)3/h6-10,16,18H,4-5H2,1-3H3. The summed E-state index contributed by atoms with van der Waals surface area (Å²) in [4.78, 5) is 2.62. The third-order valence-electron chi connectivity index (χ3n) is 3.28. The minimum atomic E-state index is -0.171. The maximum atomic E-state index is 13.5. The van der Waals surface area contributed by atoms with Crippen LogP contribution in [0.2, 0.25) is 0 Å². The molecule has 3 heteroatoms. The number of aryl methyl sites for hydroxylation is 2. The van der Waals surface area contributed by atoms with Gasteiger partial charge in [0.1, 0.15) is 5.82 Å². The maximum absolute atomic E-state index is 13.5. The highest BCUT2D eigenvalue weighted by Gasteiger charge is 2.17. The van der Waals surface area contributed by atoms with Crippen molar-refractivity contribution in [1.82, 2.24) is 5.32 Å². The van der Waals surface area contributed by atoms with Gasteiger partial charge in [0.15, 0.2) is 0 Å². The van der Waals surface area contributed by atoms with Gasteiger partial charge in [0.25, 0.3) is 0 Å². The summed E-state index contributed by atoms with van der Waals surface area (Å²) in [6, 6.07) is 9.43. The Morgan fingerprint density at radius 2 is 2.00 bits per heavy atom. The maximum Gasteiger partial charge on any atom is 0.123 e. The molecule has 2 rings (SSSR count). The predicted molar refractivity (Wildman–Crippen MR) is 80.4 cm³/mol. The largest absolute Gasteiger partial charge is 0.306 e. The first kappa shape index (κ1) is 14.2. The van der Waals surface area contributed by atoms with Gasteiger partial charge in [0.05, 0.1) is 6.04 Å². The van der Waals surface area contributed by atoms with Gasteiger partial charge in [0.2, 0.25) is 0 Å². The van der Waals surface area contributed by atoms with Crippen molar-refractivity contribution >= 4 is 11.3 Å². The second-order valence-corrected chi connectivity index (χ2v) is 5.85. The molecule has 0 aliphatic heterocycles. The van der Waals surface area contributed by atoms with Crippen LogP contribution in [-0.4, -0.2) is 6.54 Å². The Balaban J connectivity index is 2.41. The molecule has 1 aromatic carbocycles. The fraction of sp³-hybridized carbons (Fsp3) is 0.375. The van der Waals surface area contributed by atoms with Crippen molar-refractivity contribution in [2.24, 2.45) is 0 Å². The SMILES string of the molecule is CCNC(c1ccc(CC)s1)c1cc(F)ccc1C. The van der Waals surface area contributed by atoms with E-state index in [1.165, 1.54) is 15.8 Å². The Labute approximate surface area is 118 Å². The zero-order chi connectivity index (χ0) is 13.8.